The summed E-state index contributed by atoms with van der Waals surface area (Å²) in [6.07, 6.45) is 2.19. The Kier molecular flexibility index (Phi) is 14.0. The lowest BCUT2D eigenvalue weighted by Crippen LogP contribution is -2.38. The summed E-state index contributed by atoms with van der Waals surface area (Å²) < 4.78 is 5.34. The molecular weight excluding hydrogens is 409 g/mol. The summed E-state index contributed by atoms with van der Waals surface area (Å²) in [6.45, 7) is 10.6. The van der Waals surface area contributed by atoms with E-state index in [1.807, 2.05) is 6.92 Å². The number of nitrogens with one attached hydrogen (secondary N) is 2. The van der Waals surface area contributed by atoms with Crippen LogP contribution in [0.5, 0.6) is 0 Å². The van der Waals surface area contributed by atoms with Crippen molar-refractivity contribution >= 4 is 41.3 Å². The van der Waals surface area contributed by atoms with Crippen LogP contribution in [0, 0.1) is 0 Å². The third-order valence-electron chi connectivity index (χ3n) is 3.11. The van der Waals surface area contributed by atoms with Crippen molar-refractivity contribution in [1.82, 2.24) is 10.6 Å². The Morgan fingerprint density at radius 3 is 2.77 bits per heavy atom. The number of hydrogen-bond donors (Lipinski definition) is 2. The van der Waals surface area contributed by atoms with Crippen LogP contribution in [0.1, 0.15) is 44.4 Å². The first kappa shape index (κ1) is 21.7. The van der Waals surface area contributed by atoms with Gasteiger partial charge in [-0.2, -0.15) is 0 Å². The molecule has 22 heavy (non-hydrogen) atoms. The maximum Gasteiger partial charge on any atom is 0.191 e. The zero-order valence-corrected chi connectivity index (χ0v) is 17.1. The molecule has 0 aliphatic heterocycles. The van der Waals surface area contributed by atoms with E-state index in [9.17, 15) is 0 Å². The Morgan fingerprint density at radius 2 is 2.14 bits per heavy atom. The van der Waals surface area contributed by atoms with Gasteiger partial charge in [0.1, 0.15) is 0 Å². The molecule has 1 rings (SSSR count). The van der Waals surface area contributed by atoms with E-state index < -0.39 is 0 Å². The molecule has 0 bridgehead atoms. The molecule has 0 saturated carbocycles. The lowest BCUT2D eigenvalue weighted by molar-refractivity contribution is 0.143. The maximum absolute atomic E-state index is 5.34. The van der Waals surface area contributed by atoms with Crippen molar-refractivity contribution in [3.63, 3.8) is 0 Å². The lowest BCUT2D eigenvalue weighted by atomic mass is 10.1. The average Bonchev–Trinajstić information content (AvgIpc) is 3.02. The first-order chi connectivity index (χ1) is 10.3. The van der Waals surface area contributed by atoms with Gasteiger partial charge in [0.25, 0.3) is 0 Å². The van der Waals surface area contributed by atoms with Gasteiger partial charge in [0.15, 0.2) is 5.96 Å². The first-order valence-corrected chi connectivity index (χ1v) is 8.79. The van der Waals surface area contributed by atoms with Crippen molar-refractivity contribution in [2.24, 2.45) is 4.99 Å². The number of rotatable bonds is 10. The van der Waals surface area contributed by atoms with Crippen molar-refractivity contribution in [3.05, 3.63) is 22.4 Å². The zero-order valence-electron chi connectivity index (χ0n) is 13.9. The van der Waals surface area contributed by atoms with Crippen LogP contribution in [0.25, 0.3) is 0 Å². The van der Waals surface area contributed by atoms with Gasteiger partial charge in [-0.05, 0) is 38.1 Å². The van der Waals surface area contributed by atoms with Crippen molar-refractivity contribution in [2.75, 3.05) is 32.8 Å². The second-order valence-corrected chi connectivity index (χ2v) is 5.95. The fourth-order valence-corrected chi connectivity index (χ4v) is 2.69. The molecule has 1 aromatic rings. The van der Waals surface area contributed by atoms with Crippen LogP contribution >= 0.6 is 35.3 Å². The van der Waals surface area contributed by atoms with Crippen LogP contribution in [0.15, 0.2) is 22.5 Å². The van der Waals surface area contributed by atoms with E-state index in [1.165, 1.54) is 4.88 Å². The second kappa shape index (κ2) is 14.3. The number of thiophene rings is 1. The van der Waals surface area contributed by atoms with Gasteiger partial charge in [-0.1, -0.05) is 13.0 Å². The molecule has 0 aliphatic rings. The molecule has 1 unspecified atom stereocenters. The topological polar surface area (TPSA) is 45.7 Å². The number of guanidine groups is 1. The highest BCUT2D eigenvalue weighted by molar-refractivity contribution is 14.0. The van der Waals surface area contributed by atoms with Gasteiger partial charge < -0.3 is 15.4 Å². The molecule has 1 aromatic heterocycles. The fourth-order valence-electron chi connectivity index (χ4n) is 1.91. The predicted octanol–water partition coefficient (Wildman–Crippen LogP) is 3.84. The Hall–Kier alpha value is -0.340. The van der Waals surface area contributed by atoms with E-state index in [0.717, 1.165) is 51.6 Å². The minimum atomic E-state index is 0. The summed E-state index contributed by atoms with van der Waals surface area (Å²) >= 11 is 1.80. The quantitative estimate of drug-likeness (QED) is 0.252. The van der Waals surface area contributed by atoms with Gasteiger partial charge in [0.2, 0.25) is 0 Å². The Labute approximate surface area is 156 Å². The van der Waals surface area contributed by atoms with Crippen LogP contribution < -0.4 is 10.6 Å². The number of hydrogen-bond acceptors (Lipinski definition) is 3. The van der Waals surface area contributed by atoms with Crippen molar-refractivity contribution in [3.8, 4) is 0 Å². The lowest BCUT2D eigenvalue weighted by Gasteiger charge is -2.13. The van der Waals surface area contributed by atoms with E-state index >= 15 is 0 Å². The minimum absolute atomic E-state index is 0. The molecule has 6 heteroatoms. The summed E-state index contributed by atoms with van der Waals surface area (Å²) in [6, 6.07) is 4.28. The molecule has 0 radical (unpaired) electrons. The molecule has 2 N–H and O–H groups in total. The average molecular weight is 439 g/mol. The Bertz CT molecular complexity index is 385. The smallest absolute Gasteiger partial charge is 0.191 e. The largest absolute Gasteiger partial charge is 0.382 e. The van der Waals surface area contributed by atoms with Crippen LogP contribution in [-0.4, -0.2) is 38.8 Å². The molecule has 1 heterocycles. The normalized spacial score (nSPS) is 12.6. The summed E-state index contributed by atoms with van der Waals surface area (Å²) in [4.78, 5) is 6.07. The van der Waals surface area contributed by atoms with E-state index in [1.54, 1.807) is 11.3 Å². The Morgan fingerprint density at radius 1 is 1.32 bits per heavy atom. The van der Waals surface area contributed by atoms with E-state index in [2.05, 4.69) is 47.0 Å². The highest BCUT2D eigenvalue weighted by Gasteiger charge is 2.06. The monoisotopic (exact) mass is 439 g/mol. The van der Waals surface area contributed by atoms with E-state index in [4.69, 9.17) is 4.74 Å². The maximum atomic E-state index is 5.34. The number of nitrogens with zero attached hydrogens (tertiary/aromatic N) is 1. The molecule has 0 aliphatic carbocycles. The van der Waals surface area contributed by atoms with Gasteiger partial charge >= 0.3 is 0 Å². The van der Waals surface area contributed by atoms with Gasteiger partial charge in [-0.3, -0.25) is 4.99 Å². The molecule has 0 aromatic carbocycles. The third-order valence-corrected chi connectivity index (χ3v) is 4.21. The highest BCUT2D eigenvalue weighted by Crippen LogP contribution is 2.20. The number of ether oxygens (including phenoxy) is 1. The van der Waals surface area contributed by atoms with E-state index in [0.29, 0.717) is 5.92 Å². The molecule has 0 fully saturated rings. The summed E-state index contributed by atoms with van der Waals surface area (Å²) in [7, 11) is 0. The van der Waals surface area contributed by atoms with Crippen molar-refractivity contribution in [1.29, 1.82) is 0 Å². The SMILES string of the molecule is CCNC(=NCC(C)c1cccs1)NCCCCOCC.I. The molecule has 1 atom stereocenters. The minimum Gasteiger partial charge on any atom is -0.382 e. The third kappa shape index (κ3) is 9.63. The van der Waals surface area contributed by atoms with Crippen LogP contribution in [0.2, 0.25) is 0 Å². The zero-order chi connectivity index (χ0) is 15.3. The van der Waals surface area contributed by atoms with Crippen molar-refractivity contribution in [2.45, 2.75) is 39.5 Å². The standard InChI is InChI=1S/C16H29N3OS.HI/c1-4-17-16(18-10-6-7-11-20-5-2)19-13-14(3)15-9-8-12-21-15;/h8-9,12,14H,4-7,10-11,13H2,1-3H3,(H2,17,18,19);1H. The molecular formula is C16H30IN3OS. The Balaban J connectivity index is 0.00000441. The van der Waals surface area contributed by atoms with Crippen LogP contribution in [0.3, 0.4) is 0 Å². The second-order valence-electron chi connectivity index (χ2n) is 4.97. The summed E-state index contributed by atoms with van der Waals surface area (Å²) in [5.41, 5.74) is 0. The molecule has 4 nitrogen and oxygen atoms in total. The predicted molar refractivity (Wildman–Crippen MR) is 108 cm³/mol. The molecule has 0 amide bonds. The number of aliphatic imine (C=N–C) groups is 1. The van der Waals surface area contributed by atoms with Gasteiger partial charge in [0.05, 0.1) is 6.54 Å². The highest BCUT2D eigenvalue weighted by atomic mass is 127. The van der Waals surface area contributed by atoms with E-state index in [-0.39, 0.29) is 24.0 Å². The van der Waals surface area contributed by atoms with Gasteiger partial charge in [-0.25, -0.2) is 0 Å². The molecule has 0 spiro atoms. The fraction of sp³-hybridized carbons (Fsp3) is 0.688. The van der Waals surface area contributed by atoms with Crippen LogP contribution in [0.4, 0.5) is 0 Å². The molecule has 0 saturated heterocycles. The first-order valence-electron chi connectivity index (χ1n) is 7.91. The molecule has 128 valence electrons. The summed E-state index contributed by atoms with van der Waals surface area (Å²) in [5.74, 6) is 1.38. The van der Waals surface area contributed by atoms with Gasteiger partial charge in [0, 0.05) is 37.1 Å². The number of unbranched alkanes of at least 4 members (excludes halogenated alkanes) is 1. The van der Waals surface area contributed by atoms with Gasteiger partial charge in [-0.15, -0.1) is 35.3 Å². The number of halogens is 1. The summed E-state index contributed by atoms with van der Waals surface area (Å²) in [5, 5.41) is 8.80. The van der Waals surface area contributed by atoms with Crippen LogP contribution in [-0.2, 0) is 4.74 Å². The van der Waals surface area contributed by atoms with Crippen molar-refractivity contribution < 1.29 is 4.74 Å².